The van der Waals surface area contributed by atoms with E-state index in [1.54, 1.807) is 0 Å². The minimum Gasteiger partial charge on any atom is -0.468 e. The van der Waals surface area contributed by atoms with Crippen molar-refractivity contribution in [1.29, 1.82) is 0 Å². The summed E-state index contributed by atoms with van der Waals surface area (Å²) in [6.45, 7) is 2.45. The molecule has 0 unspecified atom stereocenters. The third kappa shape index (κ3) is 2.91. The van der Waals surface area contributed by atoms with Crippen molar-refractivity contribution in [3.8, 4) is 0 Å². The van der Waals surface area contributed by atoms with E-state index in [0.29, 0.717) is 0 Å². The number of aryl methyl sites for hydroxylation is 1. The number of sulfonamides is 1. The molecule has 6 nitrogen and oxygen atoms in total. The lowest BCUT2D eigenvalue weighted by atomic mass is 10.1. The van der Waals surface area contributed by atoms with Gasteiger partial charge in [-0.15, -0.1) is 0 Å². The summed E-state index contributed by atoms with van der Waals surface area (Å²) in [6.07, 6.45) is 0. The van der Waals surface area contributed by atoms with Gasteiger partial charge in [0, 0.05) is 7.05 Å². The van der Waals surface area contributed by atoms with Crippen molar-refractivity contribution in [2.75, 3.05) is 26.4 Å². The Hall–Kier alpha value is -1.67. The van der Waals surface area contributed by atoms with Crippen LogP contribution in [0.3, 0.4) is 0 Å². The largest absolute Gasteiger partial charge is 0.468 e. The number of methoxy groups -OCH3 is 1. The van der Waals surface area contributed by atoms with Crippen LogP contribution in [0.2, 0.25) is 0 Å². The smallest absolute Gasteiger partial charge is 0.321 e. The van der Waals surface area contributed by atoms with E-state index in [1.807, 2.05) is 0 Å². The lowest BCUT2D eigenvalue weighted by Gasteiger charge is -2.20. The van der Waals surface area contributed by atoms with Gasteiger partial charge in [-0.25, -0.2) is 12.8 Å². The Kier molecular flexibility index (Phi) is 4.72. The summed E-state index contributed by atoms with van der Waals surface area (Å²) in [5.41, 5.74) is 5.66. The fourth-order valence-corrected chi connectivity index (χ4v) is 3.36. The van der Waals surface area contributed by atoms with Gasteiger partial charge >= 0.3 is 5.97 Å². The zero-order valence-corrected chi connectivity index (χ0v) is 12.5. The van der Waals surface area contributed by atoms with E-state index < -0.39 is 28.4 Å². The Bertz CT molecular complexity index is 643. The summed E-state index contributed by atoms with van der Waals surface area (Å²) < 4.78 is 43.6. The molecule has 0 amide bonds. The normalized spacial score (nSPS) is 11.7. The number of ether oxygens (including phenoxy) is 1. The number of anilines is 1. The molecule has 1 aromatic rings. The lowest BCUT2D eigenvalue weighted by Crippen LogP contribution is -2.33. The minimum absolute atomic E-state index is 0.0946. The van der Waals surface area contributed by atoms with Crippen LogP contribution in [-0.2, 0) is 19.6 Å². The molecule has 0 spiro atoms. The van der Waals surface area contributed by atoms with Gasteiger partial charge in [-0.3, -0.25) is 4.79 Å². The zero-order valence-electron chi connectivity index (χ0n) is 11.7. The second-order valence-electron chi connectivity index (χ2n) is 4.38. The number of hydrogen-bond donors (Lipinski definition) is 1. The zero-order chi connectivity index (χ0) is 15.7. The molecule has 0 aliphatic heterocycles. The number of benzene rings is 1. The molecule has 0 radical (unpaired) electrons. The Morgan fingerprint density at radius 3 is 2.50 bits per heavy atom. The molecule has 0 aliphatic rings. The second kappa shape index (κ2) is 5.76. The maximum absolute atomic E-state index is 13.5. The van der Waals surface area contributed by atoms with Gasteiger partial charge in [-0.05, 0) is 31.0 Å². The van der Waals surface area contributed by atoms with Gasteiger partial charge in [-0.1, -0.05) is 0 Å². The Morgan fingerprint density at radius 2 is 2.00 bits per heavy atom. The number of esters is 1. The first-order chi connectivity index (χ1) is 9.12. The fraction of sp³-hybridized carbons (Fsp3) is 0.417. The van der Waals surface area contributed by atoms with Gasteiger partial charge in [-0.2, -0.15) is 4.31 Å². The molecule has 0 bridgehead atoms. The number of nitrogen functional groups attached to an aromatic ring is 1. The van der Waals surface area contributed by atoms with Crippen LogP contribution in [0.25, 0.3) is 0 Å². The number of nitrogens with zero attached hydrogens (tertiary/aromatic N) is 1. The molecule has 1 rings (SSSR count). The van der Waals surface area contributed by atoms with E-state index in [1.165, 1.54) is 20.9 Å². The van der Waals surface area contributed by atoms with Crippen LogP contribution in [0.4, 0.5) is 10.1 Å². The average Bonchev–Trinajstić information content (AvgIpc) is 2.35. The van der Waals surface area contributed by atoms with E-state index >= 15 is 0 Å². The van der Waals surface area contributed by atoms with Gasteiger partial charge in [0.05, 0.1) is 17.7 Å². The Morgan fingerprint density at radius 1 is 1.45 bits per heavy atom. The van der Waals surface area contributed by atoms with Crippen LogP contribution in [0.1, 0.15) is 11.1 Å². The van der Waals surface area contributed by atoms with Gasteiger partial charge in [0.1, 0.15) is 12.4 Å². The Labute approximate surface area is 117 Å². The van der Waals surface area contributed by atoms with Crippen molar-refractivity contribution < 1.29 is 22.3 Å². The van der Waals surface area contributed by atoms with Crippen molar-refractivity contribution in [3.05, 3.63) is 23.0 Å². The first-order valence-electron chi connectivity index (χ1n) is 5.71. The Balaban J connectivity index is 3.37. The molecule has 0 fully saturated rings. The molecule has 2 N–H and O–H groups in total. The SMILES string of the molecule is COC(=O)CN(C)S(=O)(=O)c1c(C)cc(F)c(N)c1C. The fourth-order valence-electron chi connectivity index (χ4n) is 1.81. The van der Waals surface area contributed by atoms with E-state index in [-0.39, 0.29) is 21.7 Å². The predicted octanol–water partition coefficient (Wildman–Crippen LogP) is 0.818. The summed E-state index contributed by atoms with van der Waals surface area (Å²) in [5.74, 6) is -1.36. The number of carbonyl (C=O) groups excluding carboxylic acids is 1. The van der Waals surface area contributed by atoms with E-state index in [0.717, 1.165) is 17.5 Å². The summed E-state index contributed by atoms with van der Waals surface area (Å²) in [4.78, 5) is 11.1. The standard InChI is InChI=1S/C12H17FN2O4S/c1-7-5-9(13)11(14)8(2)12(7)20(17,18)15(3)6-10(16)19-4/h5H,6,14H2,1-4H3. The van der Waals surface area contributed by atoms with E-state index in [9.17, 15) is 17.6 Å². The van der Waals surface area contributed by atoms with Crippen LogP contribution < -0.4 is 5.73 Å². The predicted molar refractivity (Wildman–Crippen MR) is 72.1 cm³/mol. The highest BCUT2D eigenvalue weighted by atomic mass is 32.2. The molecule has 0 aromatic heterocycles. The first-order valence-corrected chi connectivity index (χ1v) is 7.15. The molecule has 20 heavy (non-hydrogen) atoms. The summed E-state index contributed by atoms with van der Waals surface area (Å²) in [5, 5.41) is 0. The molecule has 0 saturated heterocycles. The topological polar surface area (TPSA) is 89.7 Å². The van der Waals surface area contributed by atoms with Crippen molar-refractivity contribution in [1.82, 2.24) is 4.31 Å². The maximum Gasteiger partial charge on any atom is 0.321 e. The van der Waals surface area contributed by atoms with E-state index in [2.05, 4.69) is 4.74 Å². The average molecular weight is 304 g/mol. The highest BCUT2D eigenvalue weighted by molar-refractivity contribution is 7.89. The van der Waals surface area contributed by atoms with Crippen molar-refractivity contribution in [2.24, 2.45) is 0 Å². The maximum atomic E-state index is 13.5. The lowest BCUT2D eigenvalue weighted by molar-refractivity contribution is -0.140. The summed E-state index contributed by atoms with van der Waals surface area (Å²) in [6, 6.07) is 1.06. The van der Waals surface area contributed by atoms with Crippen molar-refractivity contribution in [2.45, 2.75) is 18.7 Å². The van der Waals surface area contributed by atoms with Crippen molar-refractivity contribution in [3.63, 3.8) is 0 Å². The van der Waals surface area contributed by atoms with Gasteiger partial charge in [0.25, 0.3) is 0 Å². The molecular formula is C12H17FN2O4S. The van der Waals surface area contributed by atoms with Crippen LogP contribution in [0, 0.1) is 19.7 Å². The van der Waals surface area contributed by atoms with Crippen LogP contribution in [0.15, 0.2) is 11.0 Å². The highest BCUT2D eigenvalue weighted by Gasteiger charge is 2.28. The monoisotopic (exact) mass is 304 g/mol. The van der Waals surface area contributed by atoms with Crippen LogP contribution in [0.5, 0.6) is 0 Å². The number of nitrogens with two attached hydrogens (primary N) is 1. The number of carbonyl (C=O) groups is 1. The number of rotatable bonds is 4. The number of hydrogen-bond acceptors (Lipinski definition) is 5. The highest BCUT2D eigenvalue weighted by Crippen LogP contribution is 2.29. The number of halogens is 1. The quantitative estimate of drug-likeness (QED) is 0.657. The molecule has 0 heterocycles. The van der Waals surface area contributed by atoms with Gasteiger partial charge in [0.15, 0.2) is 0 Å². The second-order valence-corrected chi connectivity index (χ2v) is 6.36. The molecule has 0 atom stereocenters. The number of likely N-dealkylation sites (N-methyl/N-ethyl adjacent to an activating group) is 1. The van der Waals surface area contributed by atoms with E-state index in [4.69, 9.17) is 5.73 Å². The molecule has 8 heteroatoms. The minimum atomic E-state index is -3.96. The molecule has 1 aromatic carbocycles. The first kappa shape index (κ1) is 16.4. The third-order valence-corrected chi connectivity index (χ3v) is 5.04. The van der Waals surface area contributed by atoms with Gasteiger partial charge in [0.2, 0.25) is 10.0 Å². The van der Waals surface area contributed by atoms with Crippen molar-refractivity contribution >= 4 is 21.7 Å². The molecule has 112 valence electrons. The molecular weight excluding hydrogens is 287 g/mol. The molecule has 0 aliphatic carbocycles. The third-order valence-electron chi connectivity index (χ3n) is 2.95. The van der Waals surface area contributed by atoms with Crippen LogP contribution in [-0.4, -0.2) is 39.4 Å². The summed E-state index contributed by atoms with van der Waals surface area (Å²) >= 11 is 0. The van der Waals surface area contributed by atoms with Gasteiger partial charge < -0.3 is 10.5 Å². The summed E-state index contributed by atoms with van der Waals surface area (Å²) in [7, 11) is -1.56. The molecule has 0 saturated carbocycles. The van der Waals surface area contributed by atoms with Crippen LogP contribution >= 0.6 is 0 Å².